The lowest BCUT2D eigenvalue weighted by Gasteiger charge is -2.30. The summed E-state index contributed by atoms with van der Waals surface area (Å²) in [5.74, 6) is -0.430. The molecule has 0 bridgehead atoms. The summed E-state index contributed by atoms with van der Waals surface area (Å²) in [5, 5.41) is 9.12. The van der Waals surface area contributed by atoms with Crippen molar-refractivity contribution in [3.05, 3.63) is 24.3 Å². The minimum atomic E-state index is -0.333. The van der Waals surface area contributed by atoms with Crippen molar-refractivity contribution in [2.75, 3.05) is 30.8 Å². The molecule has 2 heterocycles. The van der Waals surface area contributed by atoms with E-state index in [2.05, 4.69) is 27.9 Å². The molecule has 1 aromatic carbocycles. The second-order valence-electron chi connectivity index (χ2n) is 6.45. The van der Waals surface area contributed by atoms with Crippen LogP contribution in [-0.2, 0) is 9.59 Å². The maximum atomic E-state index is 11.8. The average Bonchev–Trinajstić information content (AvgIpc) is 2.54. The summed E-state index contributed by atoms with van der Waals surface area (Å²) in [7, 11) is 2.16. The zero-order valence-electron chi connectivity index (χ0n) is 13.5. The van der Waals surface area contributed by atoms with Crippen LogP contribution in [0, 0.1) is 0 Å². The molecule has 2 aliphatic heterocycles. The molecule has 1 unspecified atom stereocenters. The van der Waals surface area contributed by atoms with Crippen LogP contribution in [0.25, 0.3) is 0 Å². The van der Waals surface area contributed by atoms with Crippen LogP contribution >= 0.6 is 0 Å². The van der Waals surface area contributed by atoms with Gasteiger partial charge in [0, 0.05) is 23.8 Å². The molecule has 6 nitrogen and oxygen atoms in total. The van der Waals surface area contributed by atoms with E-state index in [0.717, 1.165) is 37.3 Å². The number of likely N-dealkylation sites (tertiary alicyclic amines) is 1. The zero-order chi connectivity index (χ0) is 16.2. The molecule has 2 saturated heterocycles. The summed E-state index contributed by atoms with van der Waals surface area (Å²) < 4.78 is 0. The third-order valence-corrected chi connectivity index (χ3v) is 4.55. The second-order valence-corrected chi connectivity index (χ2v) is 6.45. The fraction of sp³-hybridized carbons (Fsp3) is 0.529. The Morgan fingerprint density at radius 1 is 1.00 bits per heavy atom. The number of rotatable bonds is 4. The molecule has 2 fully saturated rings. The quantitative estimate of drug-likeness (QED) is 0.733. The van der Waals surface area contributed by atoms with Crippen LogP contribution in [0.15, 0.2) is 24.3 Å². The van der Waals surface area contributed by atoms with E-state index in [9.17, 15) is 9.59 Å². The third-order valence-electron chi connectivity index (χ3n) is 4.55. The molecule has 23 heavy (non-hydrogen) atoms. The molecule has 124 valence electrons. The van der Waals surface area contributed by atoms with Crippen molar-refractivity contribution < 1.29 is 9.59 Å². The van der Waals surface area contributed by atoms with Crippen LogP contribution in [0.5, 0.6) is 0 Å². The zero-order valence-corrected chi connectivity index (χ0v) is 13.5. The number of carbonyl (C=O) groups is 2. The summed E-state index contributed by atoms with van der Waals surface area (Å²) in [6.45, 7) is 2.26. The number of nitrogens with zero attached hydrogens (tertiary/aromatic N) is 1. The predicted molar refractivity (Wildman–Crippen MR) is 90.4 cm³/mol. The van der Waals surface area contributed by atoms with Crippen LogP contribution in [0.3, 0.4) is 0 Å². The van der Waals surface area contributed by atoms with Gasteiger partial charge in [-0.2, -0.15) is 0 Å². The highest BCUT2D eigenvalue weighted by Crippen LogP contribution is 2.20. The van der Waals surface area contributed by atoms with Crippen molar-refractivity contribution in [3.63, 3.8) is 0 Å². The van der Waals surface area contributed by atoms with E-state index in [4.69, 9.17) is 0 Å². The molecule has 3 N–H and O–H groups in total. The van der Waals surface area contributed by atoms with Gasteiger partial charge < -0.3 is 15.5 Å². The van der Waals surface area contributed by atoms with Crippen molar-refractivity contribution in [1.29, 1.82) is 0 Å². The highest BCUT2D eigenvalue weighted by Gasteiger charge is 2.26. The van der Waals surface area contributed by atoms with Gasteiger partial charge in [0.1, 0.15) is 6.04 Å². The van der Waals surface area contributed by atoms with E-state index >= 15 is 0 Å². The Morgan fingerprint density at radius 2 is 1.61 bits per heavy atom. The third kappa shape index (κ3) is 4.22. The smallest absolute Gasteiger partial charge is 0.249 e. The molecule has 0 radical (unpaired) electrons. The van der Waals surface area contributed by atoms with Crippen molar-refractivity contribution in [2.24, 2.45) is 0 Å². The Hall–Kier alpha value is -2.08. The SMILES string of the molecule is CN1CCC(Nc2ccc(NC3CCC(=O)NC3=O)cc2)CC1. The Labute approximate surface area is 136 Å². The molecule has 2 amide bonds. The molecule has 6 heteroatoms. The first-order valence-corrected chi connectivity index (χ1v) is 8.25. The predicted octanol–water partition coefficient (Wildman–Crippen LogP) is 1.41. The van der Waals surface area contributed by atoms with Crippen LogP contribution in [0.2, 0.25) is 0 Å². The first-order valence-electron chi connectivity index (χ1n) is 8.25. The average molecular weight is 316 g/mol. The Morgan fingerprint density at radius 3 is 2.22 bits per heavy atom. The summed E-state index contributed by atoms with van der Waals surface area (Å²) in [4.78, 5) is 25.3. The number of hydrogen-bond acceptors (Lipinski definition) is 5. The Kier molecular flexibility index (Phi) is 4.81. The van der Waals surface area contributed by atoms with E-state index in [1.54, 1.807) is 0 Å². The molecule has 0 aliphatic carbocycles. The summed E-state index contributed by atoms with van der Waals surface area (Å²) in [5.41, 5.74) is 2.00. The maximum absolute atomic E-state index is 11.8. The van der Waals surface area contributed by atoms with Crippen molar-refractivity contribution in [2.45, 2.75) is 37.8 Å². The fourth-order valence-corrected chi connectivity index (χ4v) is 3.08. The number of imide groups is 1. The van der Waals surface area contributed by atoms with Crippen molar-refractivity contribution in [3.8, 4) is 0 Å². The maximum Gasteiger partial charge on any atom is 0.249 e. The molecular weight excluding hydrogens is 292 g/mol. The molecule has 0 aromatic heterocycles. The highest BCUT2D eigenvalue weighted by molar-refractivity contribution is 6.01. The van der Waals surface area contributed by atoms with E-state index in [1.165, 1.54) is 0 Å². The standard InChI is InChI=1S/C17H24N4O2/c1-21-10-8-14(9-11-21)18-12-2-4-13(5-3-12)19-15-6-7-16(22)20-17(15)23/h2-5,14-15,18-19H,6-11H2,1H3,(H,20,22,23). The van der Waals surface area contributed by atoms with Gasteiger partial charge in [-0.05, 0) is 63.7 Å². The Balaban J connectivity index is 1.53. The first-order chi connectivity index (χ1) is 11.1. The largest absolute Gasteiger partial charge is 0.382 e. The number of hydrogen-bond donors (Lipinski definition) is 3. The molecule has 2 aliphatic rings. The van der Waals surface area contributed by atoms with Gasteiger partial charge in [-0.1, -0.05) is 0 Å². The number of piperidine rings is 2. The van der Waals surface area contributed by atoms with Gasteiger partial charge >= 0.3 is 0 Å². The lowest BCUT2D eigenvalue weighted by atomic mass is 10.0. The van der Waals surface area contributed by atoms with E-state index < -0.39 is 0 Å². The van der Waals surface area contributed by atoms with Gasteiger partial charge in [-0.15, -0.1) is 0 Å². The molecule has 0 spiro atoms. The van der Waals surface area contributed by atoms with Gasteiger partial charge in [-0.25, -0.2) is 0 Å². The van der Waals surface area contributed by atoms with E-state index in [1.807, 2.05) is 24.3 Å². The minimum absolute atomic E-state index is 0.189. The van der Waals surface area contributed by atoms with Gasteiger partial charge in [-0.3, -0.25) is 14.9 Å². The van der Waals surface area contributed by atoms with Crippen LogP contribution < -0.4 is 16.0 Å². The molecule has 0 saturated carbocycles. The molecule has 1 aromatic rings. The van der Waals surface area contributed by atoms with E-state index in [-0.39, 0.29) is 17.9 Å². The Bertz CT molecular complexity index is 564. The fourth-order valence-electron chi connectivity index (χ4n) is 3.08. The summed E-state index contributed by atoms with van der Waals surface area (Å²) in [6.07, 6.45) is 3.25. The van der Waals surface area contributed by atoms with Gasteiger partial charge in [0.25, 0.3) is 0 Å². The topological polar surface area (TPSA) is 73.5 Å². The van der Waals surface area contributed by atoms with Crippen LogP contribution in [0.4, 0.5) is 11.4 Å². The van der Waals surface area contributed by atoms with Gasteiger partial charge in [0.05, 0.1) is 0 Å². The normalized spacial score (nSPS) is 23.4. The van der Waals surface area contributed by atoms with Crippen LogP contribution in [0.1, 0.15) is 25.7 Å². The molecule has 3 rings (SSSR count). The summed E-state index contributed by atoms with van der Waals surface area (Å²) >= 11 is 0. The number of amides is 2. The van der Waals surface area contributed by atoms with Gasteiger partial charge in [0.15, 0.2) is 0 Å². The number of carbonyl (C=O) groups excluding carboxylic acids is 2. The number of nitrogens with one attached hydrogen (secondary N) is 3. The van der Waals surface area contributed by atoms with E-state index in [0.29, 0.717) is 18.9 Å². The monoisotopic (exact) mass is 316 g/mol. The second kappa shape index (κ2) is 7.00. The van der Waals surface area contributed by atoms with Crippen molar-refractivity contribution >= 4 is 23.2 Å². The van der Waals surface area contributed by atoms with Crippen molar-refractivity contribution in [1.82, 2.24) is 10.2 Å². The van der Waals surface area contributed by atoms with Crippen LogP contribution in [-0.4, -0.2) is 48.9 Å². The lowest BCUT2D eigenvalue weighted by Crippen LogP contribution is -2.47. The molecular formula is C17H24N4O2. The first kappa shape index (κ1) is 15.8. The highest BCUT2D eigenvalue weighted by atomic mass is 16.2. The number of benzene rings is 1. The summed E-state index contributed by atoms with van der Waals surface area (Å²) in [6, 6.07) is 8.21. The molecule has 1 atom stereocenters. The lowest BCUT2D eigenvalue weighted by molar-refractivity contribution is -0.133. The minimum Gasteiger partial charge on any atom is -0.382 e. The number of anilines is 2. The van der Waals surface area contributed by atoms with Gasteiger partial charge in [0.2, 0.25) is 11.8 Å².